The Morgan fingerprint density at radius 3 is 2.52 bits per heavy atom. The first kappa shape index (κ1) is 21.1. The molecule has 0 aromatic heterocycles. The number of carbonyl (C=O) groups is 2. The number of ether oxygens (including phenoxy) is 1. The molecule has 0 bridgehead atoms. The molecule has 1 atom stereocenters. The second kappa shape index (κ2) is 9.26. The van der Waals surface area contributed by atoms with Crippen LogP contribution in [0.2, 0.25) is 0 Å². The van der Waals surface area contributed by atoms with Crippen LogP contribution in [-0.4, -0.2) is 32.1 Å². The zero-order chi connectivity index (χ0) is 21.0. The lowest BCUT2D eigenvalue weighted by Crippen LogP contribution is -2.35. The zero-order valence-electron chi connectivity index (χ0n) is 16.6. The van der Waals surface area contributed by atoms with Crippen LogP contribution in [0.5, 0.6) is 0 Å². The van der Waals surface area contributed by atoms with Crippen molar-refractivity contribution in [3.8, 4) is 0 Å². The minimum atomic E-state index is -0.353. The number of hydrogen-bond acceptors (Lipinski definition) is 4. The molecule has 5 nitrogen and oxygen atoms in total. The highest BCUT2D eigenvalue weighted by Crippen LogP contribution is 2.30. The topological polar surface area (TPSA) is 58.6 Å². The first-order valence-corrected chi connectivity index (χ1v) is 10.4. The average Bonchev–Trinajstić information content (AvgIpc) is 2.72. The van der Waals surface area contributed by atoms with Gasteiger partial charge in [-0.1, -0.05) is 30.3 Å². The molecule has 0 saturated heterocycles. The quantitative estimate of drug-likeness (QED) is 0.385. The molecule has 1 N–H and O–H groups in total. The van der Waals surface area contributed by atoms with Gasteiger partial charge in [0.1, 0.15) is 0 Å². The number of nitrogens with zero attached hydrogens (tertiary/aromatic N) is 1. The lowest BCUT2D eigenvalue weighted by atomic mass is 10.1. The highest BCUT2D eigenvalue weighted by atomic mass is 127. The van der Waals surface area contributed by atoms with E-state index in [1.165, 1.54) is 12.5 Å². The Kier molecular flexibility index (Phi) is 6.74. The molecular formula is C23H23IN2O3. The van der Waals surface area contributed by atoms with Crippen LogP contribution in [0.4, 0.5) is 11.4 Å². The molecule has 1 unspecified atom stereocenters. The van der Waals surface area contributed by atoms with Crippen molar-refractivity contribution in [2.24, 2.45) is 0 Å². The van der Waals surface area contributed by atoms with E-state index in [-0.39, 0.29) is 24.3 Å². The monoisotopic (exact) mass is 502 g/mol. The van der Waals surface area contributed by atoms with Gasteiger partial charge in [0.15, 0.2) is 0 Å². The molecule has 29 heavy (non-hydrogen) atoms. The third-order valence-corrected chi connectivity index (χ3v) is 5.43. The van der Waals surface area contributed by atoms with Gasteiger partial charge in [-0.3, -0.25) is 9.59 Å². The van der Waals surface area contributed by atoms with E-state index in [1.807, 2.05) is 48.3 Å². The molecule has 0 aliphatic heterocycles. The molecule has 1 amide bonds. The van der Waals surface area contributed by atoms with Crippen molar-refractivity contribution in [2.75, 3.05) is 19.1 Å². The standard InChI is InChI=1S/C23H23IN2O3/c1-15(12-22(27)29-3)25-23(28)20-14-18(24)9-11-21(20)26(2)19-10-8-16-6-4-5-7-17(16)13-19/h4-11,13-15H,12H2,1-3H3,(H,25,28). The number of halogens is 1. The first-order valence-electron chi connectivity index (χ1n) is 9.29. The summed E-state index contributed by atoms with van der Waals surface area (Å²) in [6.07, 6.45) is 0.127. The molecule has 0 heterocycles. The van der Waals surface area contributed by atoms with Gasteiger partial charge in [0.25, 0.3) is 5.91 Å². The summed E-state index contributed by atoms with van der Waals surface area (Å²) in [7, 11) is 3.29. The molecule has 0 aliphatic carbocycles. The second-order valence-corrected chi connectivity index (χ2v) is 8.15. The summed E-state index contributed by atoms with van der Waals surface area (Å²) >= 11 is 2.19. The predicted octanol–water partition coefficient (Wildman–Crippen LogP) is 4.89. The van der Waals surface area contributed by atoms with Crippen LogP contribution in [0.3, 0.4) is 0 Å². The summed E-state index contributed by atoms with van der Waals surface area (Å²) in [4.78, 5) is 26.4. The maximum atomic E-state index is 13.0. The van der Waals surface area contributed by atoms with Crippen LogP contribution in [0.25, 0.3) is 10.8 Å². The number of methoxy groups -OCH3 is 1. The van der Waals surface area contributed by atoms with E-state index >= 15 is 0 Å². The Morgan fingerprint density at radius 2 is 1.79 bits per heavy atom. The normalized spacial score (nSPS) is 11.7. The van der Waals surface area contributed by atoms with Gasteiger partial charge in [-0.15, -0.1) is 0 Å². The fourth-order valence-corrected chi connectivity index (χ4v) is 3.68. The molecule has 0 radical (unpaired) electrons. The molecule has 0 aliphatic rings. The number of esters is 1. The zero-order valence-corrected chi connectivity index (χ0v) is 18.8. The summed E-state index contributed by atoms with van der Waals surface area (Å²) in [5.41, 5.74) is 2.34. The van der Waals surface area contributed by atoms with E-state index in [1.54, 1.807) is 6.92 Å². The second-order valence-electron chi connectivity index (χ2n) is 6.91. The molecule has 0 saturated carbocycles. The summed E-state index contributed by atoms with van der Waals surface area (Å²) in [5, 5.41) is 5.20. The molecular weight excluding hydrogens is 479 g/mol. The molecule has 0 spiro atoms. The van der Waals surface area contributed by atoms with E-state index in [9.17, 15) is 9.59 Å². The number of nitrogens with one attached hydrogen (secondary N) is 1. The molecule has 3 rings (SSSR count). The number of benzene rings is 3. The summed E-state index contributed by atoms with van der Waals surface area (Å²) in [6.45, 7) is 1.79. The van der Waals surface area contributed by atoms with Crippen LogP contribution < -0.4 is 10.2 Å². The van der Waals surface area contributed by atoms with Gasteiger partial charge in [-0.05, 0) is 70.6 Å². The van der Waals surface area contributed by atoms with Crippen molar-refractivity contribution < 1.29 is 14.3 Å². The van der Waals surface area contributed by atoms with Gasteiger partial charge >= 0.3 is 5.97 Å². The Labute approximate surface area is 184 Å². The molecule has 0 fully saturated rings. The van der Waals surface area contributed by atoms with Gasteiger partial charge in [0.05, 0.1) is 24.8 Å². The van der Waals surface area contributed by atoms with Crippen LogP contribution in [0, 0.1) is 3.57 Å². The van der Waals surface area contributed by atoms with Crippen molar-refractivity contribution in [3.63, 3.8) is 0 Å². The van der Waals surface area contributed by atoms with E-state index in [2.05, 4.69) is 56.9 Å². The van der Waals surface area contributed by atoms with Crippen molar-refractivity contribution in [3.05, 3.63) is 69.8 Å². The van der Waals surface area contributed by atoms with Crippen molar-refractivity contribution in [2.45, 2.75) is 19.4 Å². The van der Waals surface area contributed by atoms with Gasteiger partial charge in [0.2, 0.25) is 0 Å². The molecule has 6 heteroatoms. The number of rotatable bonds is 6. The Morgan fingerprint density at radius 1 is 1.07 bits per heavy atom. The lowest BCUT2D eigenvalue weighted by Gasteiger charge is -2.24. The smallest absolute Gasteiger partial charge is 0.307 e. The van der Waals surface area contributed by atoms with Gasteiger partial charge in [-0.25, -0.2) is 0 Å². The Balaban J connectivity index is 1.90. The number of amides is 1. The fourth-order valence-electron chi connectivity index (χ4n) is 3.19. The number of carbonyl (C=O) groups excluding carboxylic acids is 2. The van der Waals surface area contributed by atoms with Gasteiger partial charge < -0.3 is 15.0 Å². The average molecular weight is 502 g/mol. The maximum Gasteiger partial charge on any atom is 0.307 e. The third kappa shape index (κ3) is 5.06. The lowest BCUT2D eigenvalue weighted by molar-refractivity contribution is -0.141. The van der Waals surface area contributed by atoms with Crippen LogP contribution in [0.1, 0.15) is 23.7 Å². The van der Waals surface area contributed by atoms with Gasteiger partial charge in [-0.2, -0.15) is 0 Å². The van der Waals surface area contributed by atoms with Crippen molar-refractivity contribution in [1.82, 2.24) is 5.32 Å². The van der Waals surface area contributed by atoms with Crippen LogP contribution in [-0.2, 0) is 9.53 Å². The number of fused-ring (bicyclic) bond motifs is 1. The highest BCUT2D eigenvalue weighted by molar-refractivity contribution is 14.1. The number of anilines is 2. The predicted molar refractivity (Wildman–Crippen MR) is 125 cm³/mol. The minimum absolute atomic E-state index is 0.127. The van der Waals surface area contributed by atoms with E-state index in [0.717, 1.165) is 20.3 Å². The molecule has 3 aromatic carbocycles. The van der Waals surface area contributed by atoms with E-state index in [0.29, 0.717) is 5.56 Å². The van der Waals surface area contributed by atoms with E-state index < -0.39 is 0 Å². The maximum absolute atomic E-state index is 13.0. The van der Waals surface area contributed by atoms with Crippen LogP contribution >= 0.6 is 22.6 Å². The molecule has 150 valence electrons. The largest absolute Gasteiger partial charge is 0.469 e. The van der Waals surface area contributed by atoms with Crippen molar-refractivity contribution in [1.29, 1.82) is 0 Å². The van der Waals surface area contributed by atoms with Gasteiger partial charge in [0, 0.05) is 22.3 Å². The summed E-state index contributed by atoms with van der Waals surface area (Å²) < 4.78 is 5.64. The van der Waals surface area contributed by atoms with Crippen molar-refractivity contribution >= 4 is 56.6 Å². The highest BCUT2D eigenvalue weighted by Gasteiger charge is 2.19. The van der Waals surface area contributed by atoms with E-state index in [4.69, 9.17) is 0 Å². The fraction of sp³-hybridized carbons (Fsp3) is 0.217. The minimum Gasteiger partial charge on any atom is -0.469 e. The first-order chi connectivity index (χ1) is 13.9. The number of hydrogen-bond donors (Lipinski definition) is 1. The molecule has 3 aromatic rings. The Hall–Kier alpha value is -2.61. The summed E-state index contributed by atoms with van der Waals surface area (Å²) in [6, 6.07) is 19.8. The summed E-state index contributed by atoms with van der Waals surface area (Å²) in [5.74, 6) is -0.573. The van der Waals surface area contributed by atoms with Crippen LogP contribution in [0.15, 0.2) is 60.7 Å². The SMILES string of the molecule is COC(=O)CC(C)NC(=O)c1cc(I)ccc1N(C)c1ccc2ccccc2c1. The Bertz CT molecular complexity index is 1050. The third-order valence-electron chi connectivity index (χ3n) is 4.76.